The molecule has 0 atom stereocenters. The lowest BCUT2D eigenvalue weighted by Gasteiger charge is -2.10. The summed E-state index contributed by atoms with van der Waals surface area (Å²) < 4.78 is 18.8. The second-order valence-corrected chi connectivity index (χ2v) is 5.39. The summed E-state index contributed by atoms with van der Waals surface area (Å²) in [6.07, 6.45) is 0. The molecule has 0 aliphatic rings. The van der Waals surface area contributed by atoms with E-state index in [4.69, 9.17) is 0 Å². The Morgan fingerprint density at radius 1 is 1.19 bits per heavy atom. The molecule has 0 fully saturated rings. The van der Waals surface area contributed by atoms with E-state index in [-0.39, 0.29) is 11.3 Å². The Labute approximate surface area is 134 Å². The molecule has 6 heteroatoms. The van der Waals surface area contributed by atoms with Gasteiger partial charge in [0.05, 0.1) is 18.4 Å². The molecule has 21 heavy (non-hydrogen) atoms. The van der Waals surface area contributed by atoms with Crippen molar-refractivity contribution in [2.75, 3.05) is 12.4 Å². The minimum atomic E-state index is -0.645. The fourth-order valence-corrected chi connectivity index (χ4v) is 2.28. The fraction of sp³-hybridized carbons (Fsp3) is 0.0667. The molecule has 2 aromatic rings. The van der Waals surface area contributed by atoms with Crippen molar-refractivity contribution < 1.29 is 18.7 Å². The number of carbonyl (C=O) groups excluding carboxylic acids is 2. The van der Waals surface area contributed by atoms with E-state index in [1.54, 1.807) is 18.2 Å². The Morgan fingerprint density at radius 3 is 2.62 bits per heavy atom. The van der Waals surface area contributed by atoms with Crippen LogP contribution in [0.4, 0.5) is 10.1 Å². The summed E-state index contributed by atoms with van der Waals surface area (Å²) in [5.74, 6) is -1.63. The number of hydrogen-bond acceptors (Lipinski definition) is 3. The normalized spacial score (nSPS) is 10.0. The molecule has 0 aliphatic carbocycles. The molecule has 0 aromatic heterocycles. The smallest absolute Gasteiger partial charge is 0.339 e. The largest absolute Gasteiger partial charge is 0.465 e. The lowest BCUT2D eigenvalue weighted by molar-refractivity contribution is 0.0602. The molecule has 0 radical (unpaired) electrons. The molecule has 0 bridgehead atoms. The lowest BCUT2D eigenvalue weighted by Crippen LogP contribution is -2.15. The molecule has 2 rings (SSSR count). The maximum atomic E-state index is 13.3. The minimum Gasteiger partial charge on any atom is -0.465 e. The number of amides is 1. The maximum Gasteiger partial charge on any atom is 0.339 e. The van der Waals surface area contributed by atoms with Gasteiger partial charge >= 0.3 is 5.97 Å². The number of esters is 1. The first kappa shape index (κ1) is 15.4. The third-order valence-corrected chi connectivity index (χ3v) is 3.39. The van der Waals surface area contributed by atoms with Crippen molar-refractivity contribution in [3.8, 4) is 0 Å². The monoisotopic (exact) mass is 399 g/mol. The van der Waals surface area contributed by atoms with Crippen LogP contribution in [0.2, 0.25) is 0 Å². The standard InChI is InChI=1S/C15H11FINO3/c1-21-15(20)12-6-5-10(16)8-13(12)18-14(19)9-3-2-4-11(17)7-9/h2-8H,1H3,(H,18,19). The number of hydrogen-bond donors (Lipinski definition) is 1. The van der Waals surface area contributed by atoms with Gasteiger partial charge in [0.25, 0.3) is 5.91 Å². The van der Waals surface area contributed by atoms with Crippen LogP contribution in [-0.4, -0.2) is 19.0 Å². The molecule has 0 spiro atoms. The van der Waals surface area contributed by atoms with Crippen LogP contribution < -0.4 is 5.32 Å². The maximum absolute atomic E-state index is 13.3. The first-order valence-corrected chi connectivity index (χ1v) is 7.04. The van der Waals surface area contributed by atoms with Crippen LogP contribution in [0.15, 0.2) is 42.5 Å². The average Bonchev–Trinajstić information content (AvgIpc) is 2.46. The van der Waals surface area contributed by atoms with Gasteiger partial charge in [0.15, 0.2) is 0 Å². The van der Waals surface area contributed by atoms with E-state index in [1.165, 1.54) is 13.2 Å². The number of methoxy groups -OCH3 is 1. The van der Waals surface area contributed by atoms with Crippen molar-refractivity contribution in [2.24, 2.45) is 0 Å². The third-order valence-electron chi connectivity index (χ3n) is 2.72. The molecule has 0 unspecified atom stereocenters. The minimum absolute atomic E-state index is 0.0747. The summed E-state index contributed by atoms with van der Waals surface area (Å²) in [5, 5.41) is 2.53. The Balaban J connectivity index is 2.32. The van der Waals surface area contributed by atoms with Crippen molar-refractivity contribution in [1.82, 2.24) is 0 Å². The van der Waals surface area contributed by atoms with Crippen molar-refractivity contribution in [3.63, 3.8) is 0 Å². The highest BCUT2D eigenvalue weighted by atomic mass is 127. The fourth-order valence-electron chi connectivity index (χ4n) is 1.73. The zero-order valence-electron chi connectivity index (χ0n) is 11.0. The van der Waals surface area contributed by atoms with Crippen molar-refractivity contribution in [1.29, 1.82) is 0 Å². The Bertz CT molecular complexity index is 703. The van der Waals surface area contributed by atoms with E-state index in [9.17, 15) is 14.0 Å². The van der Waals surface area contributed by atoms with Gasteiger partial charge < -0.3 is 10.1 Å². The van der Waals surface area contributed by atoms with Gasteiger partial charge in [-0.3, -0.25) is 4.79 Å². The average molecular weight is 399 g/mol. The molecule has 2 aromatic carbocycles. The summed E-state index contributed by atoms with van der Waals surface area (Å²) in [7, 11) is 1.22. The Hall–Kier alpha value is -1.96. The van der Waals surface area contributed by atoms with Crippen molar-refractivity contribution in [2.45, 2.75) is 0 Å². The molecule has 0 saturated heterocycles. The van der Waals surface area contributed by atoms with Gasteiger partial charge in [0.2, 0.25) is 0 Å². The SMILES string of the molecule is COC(=O)c1ccc(F)cc1NC(=O)c1cccc(I)c1. The molecule has 4 nitrogen and oxygen atoms in total. The number of anilines is 1. The van der Waals surface area contributed by atoms with Gasteiger partial charge in [-0.05, 0) is 59.0 Å². The van der Waals surface area contributed by atoms with Gasteiger partial charge in [0.1, 0.15) is 5.82 Å². The lowest BCUT2D eigenvalue weighted by atomic mass is 10.1. The van der Waals surface area contributed by atoms with Crippen LogP contribution in [0.5, 0.6) is 0 Å². The number of halogens is 2. The summed E-state index contributed by atoms with van der Waals surface area (Å²) in [5.41, 5.74) is 0.588. The van der Waals surface area contributed by atoms with E-state index in [1.807, 2.05) is 6.07 Å². The zero-order chi connectivity index (χ0) is 15.4. The van der Waals surface area contributed by atoms with Gasteiger partial charge in [-0.15, -0.1) is 0 Å². The molecule has 0 saturated carbocycles. The van der Waals surface area contributed by atoms with E-state index < -0.39 is 17.7 Å². The van der Waals surface area contributed by atoms with E-state index >= 15 is 0 Å². The van der Waals surface area contributed by atoms with Gasteiger partial charge in [-0.25, -0.2) is 9.18 Å². The predicted molar refractivity (Wildman–Crippen MR) is 84.9 cm³/mol. The van der Waals surface area contributed by atoms with Crippen LogP contribution >= 0.6 is 22.6 Å². The molecule has 0 aliphatic heterocycles. The topological polar surface area (TPSA) is 55.4 Å². The van der Waals surface area contributed by atoms with Crippen LogP contribution in [0.25, 0.3) is 0 Å². The Morgan fingerprint density at radius 2 is 1.95 bits per heavy atom. The van der Waals surface area contributed by atoms with Crippen LogP contribution in [0.3, 0.4) is 0 Å². The summed E-state index contributed by atoms with van der Waals surface area (Å²) in [6.45, 7) is 0. The van der Waals surface area contributed by atoms with Crippen LogP contribution in [-0.2, 0) is 4.74 Å². The molecule has 1 amide bonds. The Kier molecular flexibility index (Phi) is 4.89. The predicted octanol–water partition coefficient (Wildman–Crippen LogP) is 3.47. The summed E-state index contributed by atoms with van der Waals surface area (Å²) >= 11 is 2.08. The highest BCUT2D eigenvalue weighted by molar-refractivity contribution is 14.1. The van der Waals surface area contributed by atoms with Gasteiger partial charge in [-0.2, -0.15) is 0 Å². The molecular formula is C15H11FINO3. The molecule has 108 valence electrons. The number of rotatable bonds is 3. The van der Waals surface area contributed by atoms with Crippen LogP contribution in [0.1, 0.15) is 20.7 Å². The van der Waals surface area contributed by atoms with E-state index in [2.05, 4.69) is 32.6 Å². The first-order chi connectivity index (χ1) is 10.0. The quantitative estimate of drug-likeness (QED) is 0.636. The van der Waals surface area contributed by atoms with Gasteiger partial charge in [-0.1, -0.05) is 6.07 Å². The summed E-state index contributed by atoms with van der Waals surface area (Å²) in [4.78, 5) is 23.8. The summed E-state index contributed by atoms with van der Waals surface area (Å²) in [6, 6.07) is 10.4. The van der Waals surface area contributed by atoms with Gasteiger partial charge in [0, 0.05) is 9.13 Å². The van der Waals surface area contributed by atoms with Crippen molar-refractivity contribution >= 4 is 40.2 Å². The van der Waals surface area contributed by atoms with Crippen molar-refractivity contribution in [3.05, 3.63) is 63.0 Å². The third kappa shape index (κ3) is 3.78. The molecule has 0 heterocycles. The molecule has 1 N–H and O–H groups in total. The van der Waals surface area contributed by atoms with Crippen LogP contribution in [0, 0.1) is 9.39 Å². The number of benzene rings is 2. The highest BCUT2D eigenvalue weighted by Gasteiger charge is 2.15. The van der Waals surface area contributed by atoms with E-state index in [0.717, 1.165) is 15.7 Å². The number of carbonyl (C=O) groups is 2. The highest BCUT2D eigenvalue weighted by Crippen LogP contribution is 2.19. The first-order valence-electron chi connectivity index (χ1n) is 5.96. The molecular weight excluding hydrogens is 388 g/mol. The second-order valence-electron chi connectivity index (χ2n) is 4.15. The number of ether oxygens (including phenoxy) is 1. The second kappa shape index (κ2) is 6.66. The van der Waals surface area contributed by atoms with E-state index in [0.29, 0.717) is 5.56 Å². The zero-order valence-corrected chi connectivity index (χ0v) is 13.2. The number of nitrogens with one attached hydrogen (secondary N) is 1.